The molecule has 0 spiro atoms. The molecular weight excluding hydrogens is 214 g/mol. The molecule has 0 radical (unpaired) electrons. The third-order valence-corrected chi connectivity index (χ3v) is 2.70. The molecule has 1 aromatic rings. The van der Waals surface area contributed by atoms with Gasteiger partial charge >= 0.3 is 0 Å². The average molecular weight is 235 g/mol. The van der Waals surface area contributed by atoms with E-state index in [1.807, 2.05) is 36.9 Å². The maximum atomic E-state index is 11.1. The van der Waals surface area contributed by atoms with E-state index in [-0.39, 0.29) is 5.91 Å². The van der Waals surface area contributed by atoms with Crippen molar-refractivity contribution in [2.45, 2.75) is 20.8 Å². The maximum Gasteiger partial charge on any atom is 0.219 e. The van der Waals surface area contributed by atoms with Crippen molar-refractivity contribution in [2.75, 3.05) is 31.1 Å². The Bertz CT molecular complexity index is 332. The van der Waals surface area contributed by atoms with Gasteiger partial charge in [0, 0.05) is 39.3 Å². The van der Waals surface area contributed by atoms with Crippen LogP contribution in [0.1, 0.15) is 20.8 Å². The Balaban J connectivity index is 0.000000686. The number of amides is 1. The molecule has 1 saturated heterocycles. The Morgan fingerprint density at radius 2 is 1.82 bits per heavy atom. The predicted molar refractivity (Wildman–Crippen MR) is 70.1 cm³/mol. The normalized spacial score (nSPS) is 15.0. The van der Waals surface area contributed by atoms with E-state index in [4.69, 9.17) is 0 Å². The fraction of sp³-hybridized carbons (Fsp3) is 0.538. The van der Waals surface area contributed by atoms with Crippen LogP contribution >= 0.6 is 0 Å². The van der Waals surface area contributed by atoms with Crippen LogP contribution in [0.5, 0.6) is 0 Å². The zero-order chi connectivity index (χ0) is 12.7. The SMILES string of the molecule is CC.CC(=O)N1CCN(c2ccccn2)CC1. The predicted octanol–water partition coefficient (Wildman–Crippen LogP) is 1.78. The lowest BCUT2D eigenvalue weighted by atomic mass is 10.3. The van der Waals surface area contributed by atoms with Crippen LogP contribution in [0.2, 0.25) is 0 Å². The highest BCUT2D eigenvalue weighted by Gasteiger charge is 2.18. The highest BCUT2D eigenvalue weighted by Crippen LogP contribution is 2.12. The molecular formula is C13H21N3O. The largest absolute Gasteiger partial charge is 0.353 e. The van der Waals surface area contributed by atoms with Crippen molar-refractivity contribution >= 4 is 11.7 Å². The van der Waals surface area contributed by atoms with Crippen LogP contribution in [0.3, 0.4) is 0 Å². The number of piperazine rings is 1. The van der Waals surface area contributed by atoms with Gasteiger partial charge in [-0.1, -0.05) is 19.9 Å². The molecule has 1 aliphatic heterocycles. The van der Waals surface area contributed by atoms with E-state index in [0.717, 1.165) is 32.0 Å². The monoisotopic (exact) mass is 235 g/mol. The highest BCUT2D eigenvalue weighted by atomic mass is 16.2. The van der Waals surface area contributed by atoms with Gasteiger partial charge in [-0.25, -0.2) is 4.98 Å². The third kappa shape index (κ3) is 3.73. The standard InChI is InChI=1S/C11H15N3O.C2H6/c1-10(15)13-6-8-14(9-7-13)11-4-2-3-5-12-11;1-2/h2-5H,6-9H2,1H3;1-2H3. The molecule has 1 amide bonds. The van der Waals surface area contributed by atoms with E-state index in [9.17, 15) is 4.79 Å². The van der Waals surface area contributed by atoms with Gasteiger partial charge in [0.25, 0.3) is 0 Å². The Hall–Kier alpha value is -1.58. The molecule has 0 bridgehead atoms. The summed E-state index contributed by atoms with van der Waals surface area (Å²) in [5.74, 6) is 1.16. The molecule has 4 nitrogen and oxygen atoms in total. The summed E-state index contributed by atoms with van der Waals surface area (Å²) in [4.78, 5) is 19.5. The minimum Gasteiger partial charge on any atom is -0.353 e. The molecule has 1 fully saturated rings. The second-order valence-electron chi connectivity index (χ2n) is 3.68. The van der Waals surface area contributed by atoms with Gasteiger partial charge in [-0.15, -0.1) is 0 Å². The Morgan fingerprint density at radius 3 is 2.29 bits per heavy atom. The summed E-state index contributed by atoms with van der Waals surface area (Å²) < 4.78 is 0. The summed E-state index contributed by atoms with van der Waals surface area (Å²) >= 11 is 0. The number of hydrogen-bond acceptors (Lipinski definition) is 3. The van der Waals surface area contributed by atoms with Crippen LogP contribution in [0, 0.1) is 0 Å². The molecule has 1 aromatic heterocycles. The average Bonchev–Trinajstić information content (AvgIpc) is 2.42. The van der Waals surface area contributed by atoms with Crippen molar-refractivity contribution in [2.24, 2.45) is 0 Å². The van der Waals surface area contributed by atoms with Gasteiger partial charge in [-0.3, -0.25) is 4.79 Å². The molecule has 94 valence electrons. The van der Waals surface area contributed by atoms with Crippen molar-refractivity contribution in [3.63, 3.8) is 0 Å². The number of hydrogen-bond donors (Lipinski definition) is 0. The van der Waals surface area contributed by atoms with Crippen molar-refractivity contribution < 1.29 is 4.79 Å². The Morgan fingerprint density at radius 1 is 1.18 bits per heavy atom. The third-order valence-electron chi connectivity index (χ3n) is 2.70. The molecule has 2 rings (SSSR count). The fourth-order valence-corrected chi connectivity index (χ4v) is 1.79. The second-order valence-corrected chi connectivity index (χ2v) is 3.68. The molecule has 0 N–H and O–H groups in total. The summed E-state index contributed by atoms with van der Waals surface area (Å²) in [7, 11) is 0. The minimum atomic E-state index is 0.163. The van der Waals surface area contributed by atoms with Crippen molar-refractivity contribution in [1.82, 2.24) is 9.88 Å². The number of rotatable bonds is 1. The topological polar surface area (TPSA) is 36.4 Å². The summed E-state index contributed by atoms with van der Waals surface area (Å²) in [5.41, 5.74) is 0. The summed E-state index contributed by atoms with van der Waals surface area (Å²) in [6, 6.07) is 5.90. The van der Waals surface area contributed by atoms with Gasteiger partial charge in [0.15, 0.2) is 0 Å². The van der Waals surface area contributed by atoms with Gasteiger partial charge in [-0.05, 0) is 12.1 Å². The van der Waals surface area contributed by atoms with Crippen LogP contribution in [0.15, 0.2) is 24.4 Å². The van der Waals surface area contributed by atoms with Crippen LogP contribution in [0.4, 0.5) is 5.82 Å². The molecule has 0 aliphatic carbocycles. The van der Waals surface area contributed by atoms with E-state index in [1.165, 1.54) is 0 Å². The van der Waals surface area contributed by atoms with Crippen LogP contribution in [-0.4, -0.2) is 42.0 Å². The highest BCUT2D eigenvalue weighted by molar-refractivity contribution is 5.73. The first kappa shape index (κ1) is 13.5. The van der Waals surface area contributed by atoms with Gasteiger partial charge in [-0.2, -0.15) is 0 Å². The van der Waals surface area contributed by atoms with E-state index < -0.39 is 0 Å². The van der Waals surface area contributed by atoms with Crippen LogP contribution in [0.25, 0.3) is 0 Å². The molecule has 2 heterocycles. The molecule has 4 heteroatoms. The number of anilines is 1. The zero-order valence-corrected chi connectivity index (χ0v) is 10.9. The lowest BCUT2D eigenvalue weighted by molar-refractivity contribution is -0.129. The lowest BCUT2D eigenvalue weighted by Crippen LogP contribution is -2.48. The van der Waals surface area contributed by atoms with Crippen molar-refractivity contribution in [3.8, 4) is 0 Å². The molecule has 0 aromatic carbocycles. The second kappa shape index (κ2) is 6.89. The maximum absolute atomic E-state index is 11.1. The smallest absolute Gasteiger partial charge is 0.219 e. The molecule has 17 heavy (non-hydrogen) atoms. The van der Waals surface area contributed by atoms with Crippen molar-refractivity contribution in [1.29, 1.82) is 0 Å². The minimum absolute atomic E-state index is 0.163. The first-order valence-electron chi connectivity index (χ1n) is 6.19. The van der Waals surface area contributed by atoms with Crippen LogP contribution < -0.4 is 4.90 Å². The number of carbonyl (C=O) groups excluding carboxylic acids is 1. The van der Waals surface area contributed by atoms with Crippen LogP contribution in [-0.2, 0) is 4.79 Å². The molecule has 0 atom stereocenters. The molecule has 0 unspecified atom stereocenters. The van der Waals surface area contributed by atoms with Crippen molar-refractivity contribution in [3.05, 3.63) is 24.4 Å². The van der Waals surface area contributed by atoms with E-state index >= 15 is 0 Å². The van der Waals surface area contributed by atoms with Gasteiger partial charge in [0.05, 0.1) is 0 Å². The molecule has 1 aliphatic rings. The van der Waals surface area contributed by atoms with Gasteiger partial charge in [0.2, 0.25) is 5.91 Å². The number of carbonyl (C=O) groups is 1. The number of pyridine rings is 1. The number of nitrogens with zero attached hydrogens (tertiary/aromatic N) is 3. The van der Waals surface area contributed by atoms with E-state index in [2.05, 4.69) is 9.88 Å². The summed E-state index contributed by atoms with van der Waals surface area (Å²) in [6.45, 7) is 8.96. The molecule has 0 saturated carbocycles. The summed E-state index contributed by atoms with van der Waals surface area (Å²) in [6.07, 6.45) is 1.80. The summed E-state index contributed by atoms with van der Waals surface area (Å²) in [5, 5.41) is 0. The number of aromatic nitrogens is 1. The van der Waals surface area contributed by atoms with Gasteiger partial charge < -0.3 is 9.80 Å². The van der Waals surface area contributed by atoms with E-state index in [0.29, 0.717) is 0 Å². The Labute approximate surface area is 103 Å². The fourth-order valence-electron chi connectivity index (χ4n) is 1.79. The van der Waals surface area contributed by atoms with Gasteiger partial charge in [0.1, 0.15) is 5.82 Å². The Kier molecular flexibility index (Phi) is 5.46. The first-order valence-corrected chi connectivity index (χ1v) is 6.19. The lowest BCUT2D eigenvalue weighted by Gasteiger charge is -2.34. The quantitative estimate of drug-likeness (QED) is 0.744. The van der Waals surface area contributed by atoms with E-state index in [1.54, 1.807) is 13.1 Å². The first-order chi connectivity index (χ1) is 8.27. The zero-order valence-electron chi connectivity index (χ0n) is 10.9.